The van der Waals surface area contributed by atoms with E-state index in [4.69, 9.17) is 0 Å². The van der Waals surface area contributed by atoms with Crippen molar-refractivity contribution in [2.24, 2.45) is 0 Å². The summed E-state index contributed by atoms with van der Waals surface area (Å²) in [5.74, 6) is 0. The monoisotopic (exact) mass is 306 g/mol. The quantitative estimate of drug-likeness (QED) is 0.916. The van der Waals surface area contributed by atoms with Crippen LogP contribution < -0.4 is 5.32 Å². The first-order valence-corrected chi connectivity index (χ1v) is 7.27. The molecule has 1 aliphatic heterocycles. The molecule has 0 radical (unpaired) electrons. The highest BCUT2D eigenvalue weighted by atomic mass is 35.5. The average molecular weight is 307 g/mol. The molecule has 1 saturated heterocycles. The minimum absolute atomic E-state index is 0. The first-order valence-electron chi connectivity index (χ1n) is 7.27. The lowest BCUT2D eigenvalue weighted by atomic mass is 10.1. The van der Waals surface area contributed by atoms with Crippen molar-refractivity contribution >= 4 is 12.4 Å². The van der Waals surface area contributed by atoms with Gasteiger partial charge in [0.15, 0.2) is 0 Å². The molecule has 0 saturated carbocycles. The van der Waals surface area contributed by atoms with Crippen LogP contribution in [0.15, 0.2) is 30.5 Å². The average Bonchev–Trinajstić information content (AvgIpc) is 2.88. The van der Waals surface area contributed by atoms with Crippen molar-refractivity contribution in [1.82, 2.24) is 20.4 Å². The molecule has 2 aromatic rings. The predicted molar refractivity (Wildman–Crippen MR) is 88.8 cm³/mol. The SMILES string of the molecule is Cc1ccc(-c2[nH]ncc2CN2CCN[C@@H](C)C2)cc1.Cl. The normalized spacial score (nSPS) is 19.2. The van der Waals surface area contributed by atoms with Crippen LogP contribution in [0.1, 0.15) is 18.1 Å². The molecule has 2 heterocycles. The van der Waals surface area contributed by atoms with E-state index in [0.717, 1.165) is 31.9 Å². The summed E-state index contributed by atoms with van der Waals surface area (Å²) in [7, 11) is 0. The standard InChI is InChI=1S/C16H22N4.ClH/c1-12-3-5-14(6-4-12)16-15(9-18-19-16)11-20-8-7-17-13(2)10-20;/h3-6,9,13,17H,7-8,10-11H2,1-2H3,(H,18,19);1H/t13-;/m0./s1. The summed E-state index contributed by atoms with van der Waals surface area (Å²) in [5.41, 5.74) is 4.93. The van der Waals surface area contributed by atoms with Gasteiger partial charge in [-0.3, -0.25) is 10.00 Å². The lowest BCUT2D eigenvalue weighted by Crippen LogP contribution is -2.48. The van der Waals surface area contributed by atoms with Gasteiger partial charge in [-0.25, -0.2) is 0 Å². The fourth-order valence-corrected chi connectivity index (χ4v) is 2.80. The third-order valence-corrected chi connectivity index (χ3v) is 3.90. The van der Waals surface area contributed by atoms with Crippen LogP contribution >= 0.6 is 12.4 Å². The predicted octanol–water partition coefficient (Wildman–Crippen LogP) is 2.60. The van der Waals surface area contributed by atoms with Crippen LogP contribution in [0.3, 0.4) is 0 Å². The van der Waals surface area contributed by atoms with Crippen LogP contribution in [0.2, 0.25) is 0 Å². The lowest BCUT2D eigenvalue weighted by molar-refractivity contribution is 0.200. The van der Waals surface area contributed by atoms with Gasteiger partial charge in [0.05, 0.1) is 11.9 Å². The van der Waals surface area contributed by atoms with Crippen molar-refractivity contribution in [3.05, 3.63) is 41.6 Å². The fraction of sp³-hybridized carbons (Fsp3) is 0.438. The van der Waals surface area contributed by atoms with Crippen LogP contribution in [-0.2, 0) is 6.54 Å². The molecule has 0 unspecified atom stereocenters. The van der Waals surface area contributed by atoms with Gasteiger partial charge in [0, 0.05) is 37.8 Å². The fourth-order valence-electron chi connectivity index (χ4n) is 2.80. The number of aromatic nitrogens is 2. The Morgan fingerprint density at radius 2 is 2.05 bits per heavy atom. The summed E-state index contributed by atoms with van der Waals surface area (Å²) < 4.78 is 0. The van der Waals surface area contributed by atoms with Gasteiger partial charge in [-0.05, 0) is 19.4 Å². The Labute approximate surface area is 132 Å². The molecule has 3 rings (SSSR count). The van der Waals surface area contributed by atoms with Gasteiger partial charge >= 0.3 is 0 Å². The minimum atomic E-state index is 0. The third-order valence-electron chi connectivity index (χ3n) is 3.90. The first kappa shape index (κ1) is 16.0. The molecule has 4 nitrogen and oxygen atoms in total. The Hall–Kier alpha value is -1.36. The second-order valence-electron chi connectivity index (χ2n) is 5.73. The maximum Gasteiger partial charge on any atom is 0.0695 e. The molecule has 2 N–H and O–H groups in total. The number of hydrogen-bond acceptors (Lipinski definition) is 3. The van der Waals surface area contributed by atoms with Crippen molar-refractivity contribution < 1.29 is 0 Å². The smallest absolute Gasteiger partial charge is 0.0695 e. The molecular formula is C16H23ClN4. The van der Waals surface area contributed by atoms with Crippen molar-refractivity contribution in [2.75, 3.05) is 19.6 Å². The number of rotatable bonds is 3. The van der Waals surface area contributed by atoms with E-state index < -0.39 is 0 Å². The number of H-pyrrole nitrogens is 1. The summed E-state index contributed by atoms with van der Waals surface area (Å²) in [6.45, 7) is 8.58. The van der Waals surface area contributed by atoms with E-state index in [0.29, 0.717) is 6.04 Å². The number of benzene rings is 1. The first-order chi connectivity index (χ1) is 9.72. The molecule has 0 aliphatic carbocycles. The zero-order chi connectivity index (χ0) is 13.9. The van der Waals surface area contributed by atoms with E-state index in [2.05, 4.69) is 58.5 Å². The van der Waals surface area contributed by atoms with Gasteiger partial charge in [0.2, 0.25) is 0 Å². The summed E-state index contributed by atoms with van der Waals surface area (Å²) >= 11 is 0. The van der Waals surface area contributed by atoms with Gasteiger partial charge in [0.1, 0.15) is 0 Å². The summed E-state index contributed by atoms with van der Waals surface area (Å²) in [6, 6.07) is 9.18. The van der Waals surface area contributed by atoms with Gasteiger partial charge in [-0.2, -0.15) is 5.10 Å². The van der Waals surface area contributed by atoms with E-state index in [1.54, 1.807) is 0 Å². The second-order valence-corrected chi connectivity index (χ2v) is 5.73. The Balaban J connectivity index is 0.00000161. The van der Waals surface area contributed by atoms with Crippen LogP contribution in [-0.4, -0.2) is 40.8 Å². The Morgan fingerprint density at radius 3 is 2.76 bits per heavy atom. The molecule has 5 heteroatoms. The summed E-state index contributed by atoms with van der Waals surface area (Å²) in [6.07, 6.45) is 1.96. The van der Waals surface area contributed by atoms with Crippen molar-refractivity contribution in [3.8, 4) is 11.3 Å². The van der Waals surface area contributed by atoms with E-state index >= 15 is 0 Å². The topological polar surface area (TPSA) is 44.0 Å². The van der Waals surface area contributed by atoms with Crippen molar-refractivity contribution in [3.63, 3.8) is 0 Å². The number of piperazine rings is 1. The number of hydrogen-bond donors (Lipinski definition) is 2. The Bertz CT molecular complexity index is 564. The molecule has 1 aliphatic rings. The molecule has 0 spiro atoms. The molecule has 1 fully saturated rings. The van der Waals surface area contributed by atoms with E-state index in [9.17, 15) is 0 Å². The van der Waals surface area contributed by atoms with Crippen molar-refractivity contribution in [1.29, 1.82) is 0 Å². The molecule has 1 atom stereocenters. The van der Waals surface area contributed by atoms with E-state index in [-0.39, 0.29) is 12.4 Å². The third kappa shape index (κ3) is 3.84. The highest BCUT2D eigenvalue weighted by Gasteiger charge is 2.17. The molecular weight excluding hydrogens is 284 g/mol. The maximum absolute atomic E-state index is 4.24. The largest absolute Gasteiger partial charge is 0.312 e. The summed E-state index contributed by atoms with van der Waals surface area (Å²) in [4.78, 5) is 2.49. The minimum Gasteiger partial charge on any atom is -0.312 e. The van der Waals surface area contributed by atoms with Crippen LogP contribution in [0.5, 0.6) is 0 Å². The molecule has 1 aromatic carbocycles. The molecule has 1 aromatic heterocycles. The number of aryl methyl sites for hydroxylation is 1. The number of aromatic amines is 1. The van der Waals surface area contributed by atoms with Crippen LogP contribution in [0.4, 0.5) is 0 Å². The second kappa shape index (κ2) is 7.07. The molecule has 21 heavy (non-hydrogen) atoms. The Morgan fingerprint density at radius 1 is 1.29 bits per heavy atom. The number of halogens is 1. The van der Waals surface area contributed by atoms with Gasteiger partial charge in [-0.15, -0.1) is 12.4 Å². The van der Waals surface area contributed by atoms with Crippen LogP contribution in [0, 0.1) is 6.92 Å². The van der Waals surface area contributed by atoms with Gasteiger partial charge in [-0.1, -0.05) is 29.8 Å². The van der Waals surface area contributed by atoms with Crippen molar-refractivity contribution in [2.45, 2.75) is 26.4 Å². The van der Waals surface area contributed by atoms with Gasteiger partial charge < -0.3 is 5.32 Å². The molecule has 0 amide bonds. The molecule has 114 valence electrons. The highest BCUT2D eigenvalue weighted by Crippen LogP contribution is 2.23. The zero-order valence-corrected chi connectivity index (χ0v) is 13.4. The number of nitrogens with one attached hydrogen (secondary N) is 2. The maximum atomic E-state index is 4.24. The van der Waals surface area contributed by atoms with E-state index in [1.807, 2.05) is 6.20 Å². The summed E-state index contributed by atoms with van der Waals surface area (Å²) in [5, 5.41) is 10.9. The Kier molecular flexibility index (Phi) is 5.39. The lowest BCUT2D eigenvalue weighted by Gasteiger charge is -2.31. The van der Waals surface area contributed by atoms with Crippen LogP contribution in [0.25, 0.3) is 11.3 Å². The van der Waals surface area contributed by atoms with E-state index in [1.165, 1.54) is 16.7 Å². The number of nitrogens with zero attached hydrogens (tertiary/aromatic N) is 2. The highest BCUT2D eigenvalue weighted by molar-refractivity contribution is 5.85. The molecule has 0 bridgehead atoms. The van der Waals surface area contributed by atoms with Gasteiger partial charge in [0.25, 0.3) is 0 Å². The zero-order valence-electron chi connectivity index (χ0n) is 12.6.